The van der Waals surface area contributed by atoms with Crippen LogP contribution in [0.4, 0.5) is 4.39 Å². The summed E-state index contributed by atoms with van der Waals surface area (Å²) in [5.41, 5.74) is 1.82. The van der Waals surface area contributed by atoms with Gasteiger partial charge in [-0.05, 0) is 66.1 Å². The lowest BCUT2D eigenvalue weighted by Crippen LogP contribution is -2.23. The third-order valence-electron chi connectivity index (χ3n) is 4.99. The predicted molar refractivity (Wildman–Crippen MR) is 93.5 cm³/mol. The van der Waals surface area contributed by atoms with Gasteiger partial charge in [0.1, 0.15) is 17.1 Å². The number of benzene rings is 1. The number of carbonyl (C=O) groups is 1. The standard InChI is InChI=1S/C20H16FNO4/c1-10-6-12(21)9-22-18(10)16(8-17(19(22)24)20(25)26)15-7-14(15)11-2-4-13(23)5-3-11/h2-6,8-9,14-15,23H,7H2,1H3,(H,25,26). The van der Waals surface area contributed by atoms with Crippen molar-refractivity contribution in [1.82, 2.24) is 4.40 Å². The van der Waals surface area contributed by atoms with Gasteiger partial charge in [0.2, 0.25) is 0 Å². The van der Waals surface area contributed by atoms with Crippen molar-refractivity contribution < 1.29 is 19.4 Å². The van der Waals surface area contributed by atoms with Gasteiger partial charge in [0.15, 0.2) is 0 Å². The third-order valence-corrected chi connectivity index (χ3v) is 4.99. The van der Waals surface area contributed by atoms with E-state index in [1.807, 2.05) is 12.1 Å². The van der Waals surface area contributed by atoms with Crippen LogP contribution >= 0.6 is 0 Å². The molecule has 0 bridgehead atoms. The summed E-state index contributed by atoms with van der Waals surface area (Å²) in [7, 11) is 0. The number of fused-ring (bicyclic) bond motifs is 1. The molecule has 2 heterocycles. The number of halogens is 1. The molecule has 5 nitrogen and oxygen atoms in total. The van der Waals surface area contributed by atoms with E-state index in [2.05, 4.69) is 0 Å². The van der Waals surface area contributed by atoms with E-state index in [1.54, 1.807) is 19.1 Å². The zero-order valence-electron chi connectivity index (χ0n) is 13.9. The van der Waals surface area contributed by atoms with Gasteiger partial charge in [-0.15, -0.1) is 0 Å². The van der Waals surface area contributed by atoms with Crippen molar-refractivity contribution in [2.24, 2.45) is 0 Å². The Morgan fingerprint density at radius 3 is 2.54 bits per heavy atom. The fourth-order valence-electron chi connectivity index (χ4n) is 3.70. The Hall–Kier alpha value is -3.15. The Morgan fingerprint density at radius 1 is 1.19 bits per heavy atom. The van der Waals surface area contributed by atoms with Gasteiger partial charge in [-0.25, -0.2) is 9.18 Å². The molecule has 2 atom stereocenters. The second kappa shape index (κ2) is 5.69. The van der Waals surface area contributed by atoms with E-state index in [9.17, 15) is 24.2 Å². The summed E-state index contributed by atoms with van der Waals surface area (Å²) in [5.74, 6) is -1.52. The van der Waals surface area contributed by atoms with Crippen molar-refractivity contribution in [3.63, 3.8) is 0 Å². The first-order valence-electron chi connectivity index (χ1n) is 8.24. The second-order valence-corrected chi connectivity index (χ2v) is 6.72. The van der Waals surface area contributed by atoms with Crippen molar-refractivity contribution in [1.29, 1.82) is 0 Å². The van der Waals surface area contributed by atoms with Crippen LogP contribution in [-0.4, -0.2) is 20.6 Å². The van der Waals surface area contributed by atoms with E-state index in [1.165, 1.54) is 12.1 Å². The lowest BCUT2D eigenvalue weighted by Gasteiger charge is -2.12. The molecule has 132 valence electrons. The highest BCUT2D eigenvalue weighted by molar-refractivity contribution is 5.88. The van der Waals surface area contributed by atoms with Crippen molar-refractivity contribution >= 4 is 11.5 Å². The van der Waals surface area contributed by atoms with Gasteiger partial charge in [-0.1, -0.05) is 12.1 Å². The number of carboxylic acid groups (broad SMARTS) is 1. The molecule has 1 aliphatic rings. The first kappa shape index (κ1) is 16.3. The number of nitrogens with zero attached hydrogens (tertiary/aromatic N) is 1. The first-order valence-corrected chi connectivity index (χ1v) is 8.24. The Kier molecular flexibility index (Phi) is 3.57. The number of rotatable bonds is 3. The minimum Gasteiger partial charge on any atom is -0.508 e. The largest absolute Gasteiger partial charge is 0.508 e. The molecule has 0 amide bonds. The van der Waals surface area contributed by atoms with E-state index in [0.717, 1.165) is 28.1 Å². The number of aryl methyl sites for hydroxylation is 1. The van der Waals surface area contributed by atoms with E-state index in [0.29, 0.717) is 11.1 Å². The topological polar surface area (TPSA) is 79.0 Å². The van der Waals surface area contributed by atoms with Crippen LogP contribution in [0.3, 0.4) is 0 Å². The maximum Gasteiger partial charge on any atom is 0.341 e. The zero-order valence-corrected chi connectivity index (χ0v) is 13.9. The molecular weight excluding hydrogens is 337 g/mol. The number of phenolic OH excluding ortho intramolecular Hbond substituents is 1. The van der Waals surface area contributed by atoms with Crippen molar-refractivity contribution in [3.8, 4) is 5.75 Å². The smallest absolute Gasteiger partial charge is 0.341 e. The molecule has 0 aliphatic heterocycles. The monoisotopic (exact) mass is 353 g/mol. The van der Waals surface area contributed by atoms with Crippen LogP contribution in [0.25, 0.3) is 5.52 Å². The van der Waals surface area contributed by atoms with Gasteiger partial charge in [0, 0.05) is 6.20 Å². The van der Waals surface area contributed by atoms with Gasteiger partial charge in [0.25, 0.3) is 5.56 Å². The summed E-state index contributed by atoms with van der Waals surface area (Å²) in [4.78, 5) is 23.9. The molecular formula is C20H16FNO4. The summed E-state index contributed by atoms with van der Waals surface area (Å²) < 4.78 is 14.9. The minimum atomic E-state index is -1.32. The summed E-state index contributed by atoms with van der Waals surface area (Å²) >= 11 is 0. The fourth-order valence-corrected chi connectivity index (χ4v) is 3.70. The number of aromatic nitrogens is 1. The maximum atomic E-state index is 13.8. The summed E-state index contributed by atoms with van der Waals surface area (Å²) in [6, 6.07) is 9.67. The van der Waals surface area contributed by atoms with Crippen LogP contribution < -0.4 is 5.56 Å². The molecule has 2 N–H and O–H groups in total. The van der Waals surface area contributed by atoms with Gasteiger partial charge in [-0.3, -0.25) is 9.20 Å². The Bertz CT molecular complexity index is 1100. The van der Waals surface area contributed by atoms with Crippen molar-refractivity contribution in [2.45, 2.75) is 25.2 Å². The molecule has 4 rings (SSSR count). The molecule has 26 heavy (non-hydrogen) atoms. The summed E-state index contributed by atoms with van der Waals surface area (Å²) in [6.45, 7) is 1.71. The molecule has 0 radical (unpaired) electrons. The molecule has 0 spiro atoms. The fraction of sp³-hybridized carbons (Fsp3) is 0.200. The second-order valence-electron chi connectivity index (χ2n) is 6.72. The quantitative estimate of drug-likeness (QED) is 0.756. The third kappa shape index (κ3) is 2.54. The number of hydrogen-bond acceptors (Lipinski definition) is 3. The SMILES string of the molecule is Cc1cc(F)cn2c(=O)c(C(=O)O)cc(C3CC3c3ccc(O)cc3)c12. The Balaban J connectivity index is 1.90. The minimum absolute atomic E-state index is 0.0393. The van der Waals surface area contributed by atoms with Gasteiger partial charge in [0.05, 0.1) is 5.52 Å². The van der Waals surface area contributed by atoms with E-state index in [-0.39, 0.29) is 23.1 Å². The highest BCUT2D eigenvalue weighted by atomic mass is 19.1. The highest BCUT2D eigenvalue weighted by Crippen LogP contribution is 2.55. The van der Waals surface area contributed by atoms with Crippen LogP contribution in [0.1, 0.15) is 45.3 Å². The summed E-state index contributed by atoms with van der Waals surface area (Å²) in [5, 5.41) is 18.8. The number of pyridine rings is 2. The summed E-state index contributed by atoms with van der Waals surface area (Å²) in [6.07, 6.45) is 1.84. The van der Waals surface area contributed by atoms with E-state index >= 15 is 0 Å². The first-order chi connectivity index (χ1) is 12.4. The average Bonchev–Trinajstić information content (AvgIpc) is 3.36. The number of carboxylic acids is 1. The average molecular weight is 353 g/mol. The Morgan fingerprint density at radius 2 is 1.88 bits per heavy atom. The molecule has 0 saturated heterocycles. The highest BCUT2D eigenvalue weighted by Gasteiger charge is 2.41. The number of aromatic hydroxyl groups is 1. The van der Waals surface area contributed by atoms with E-state index < -0.39 is 17.3 Å². The molecule has 2 unspecified atom stereocenters. The molecule has 1 fully saturated rings. The van der Waals surface area contributed by atoms with Crippen molar-refractivity contribution in [2.75, 3.05) is 0 Å². The molecule has 1 saturated carbocycles. The van der Waals surface area contributed by atoms with Crippen LogP contribution in [-0.2, 0) is 0 Å². The lowest BCUT2D eigenvalue weighted by molar-refractivity contribution is 0.0694. The van der Waals surface area contributed by atoms with Gasteiger partial charge >= 0.3 is 5.97 Å². The zero-order chi connectivity index (χ0) is 18.6. The number of phenols is 1. The molecule has 3 aromatic rings. The molecule has 1 aliphatic carbocycles. The molecule has 1 aromatic carbocycles. The van der Waals surface area contributed by atoms with Crippen LogP contribution in [0, 0.1) is 12.7 Å². The number of hydrogen-bond donors (Lipinski definition) is 2. The van der Waals surface area contributed by atoms with Crippen LogP contribution in [0.2, 0.25) is 0 Å². The van der Waals surface area contributed by atoms with Gasteiger partial charge in [-0.2, -0.15) is 0 Å². The number of aromatic carboxylic acids is 1. The van der Waals surface area contributed by atoms with E-state index in [4.69, 9.17) is 0 Å². The maximum absolute atomic E-state index is 13.8. The van der Waals surface area contributed by atoms with Crippen LogP contribution in [0.5, 0.6) is 5.75 Å². The molecule has 6 heteroatoms. The van der Waals surface area contributed by atoms with Crippen LogP contribution in [0.15, 0.2) is 47.4 Å². The normalized spacial score (nSPS) is 18.8. The Labute approximate surface area is 148 Å². The predicted octanol–water partition coefficient (Wildman–Crippen LogP) is 3.42. The molecule has 2 aromatic heterocycles. The van der Waals surface area contributed by atoms with Gasteiger partial charge < -0.3 is 10.2 Å². The van der Waals surface area contributed by atoms with Crippen molar-refractivity contribution in [3.05, 3.63) is 81.0 Å². The lowest BCUT2D eigenvalue weighted by atomic mass is 10.00.